The van der Waals surface area contributed by atoms with Gasteiger partial charge in [-0.05, 0) is 61.5 Å². The number of nitriles is 1. The molecule has 32 heavy (non-hydrogen) atoms. The van der Waals surface area contributed by atoms with E-state index in [0.717, 1.165) is 0 Å². The third kappa shape index (κ3) is 5.81. The van der Waals surface area contributed by atoms with Crippen molar-refractivity contribution in [1.82, 2.24) is 4.72 Å². The summed E-state index contributed by atoms with van der Waals surface area (Å²) >= 11 is 0. The van der Waals surface area contributed by atoms with Crippen molar-refractivity contribution < 1.29 is 27.2 Å². The minimum absolute atomic E-state index is 0.0109. The number of hydrogen-bond donors (Lipinski definition) is 2. The minimum atomic E-state index is -3.80. The molecule has 9 nitrogen and oxygen atoms in total. The fraction of sp³-hybridized carbons (Fsp3) is 0.136. The van der Waals surface area contributed by atoms with Crippen molar-refractivity contribution in [3.05, 3.63) is 83.8 Å². The molecule has 0 fully saturated rings. The smallest absolute Gasteiger partial charge is 0.338 e. The van der Waals surface area contributed by atoms with Gasteiger partial charge in [0.1, 0.15) is 5.76 Å². The number of esters is 1. The molecule has 1 aromatic heterocycles. The average molecular weight is 453 g/mol. The fourth-order valence-electron chi connectivity index (χ4n) is 2.63. The van der Waals surface area contributed by atoms with Crippen LogP contribution in [-0.2, 0) is 26.1 Å². The van der Waals surface area contributed by atoms with Crippen LogP contribution in [0.5, 0.6) is 0 Å². The van der Waals surface area contributed by atoms with Gasteiger partial charge in [-0.15, -0.1) is 0 Å². The largest absolute Gasteiger partial charge is 0.468 e. The first kappa shape index (κ1) is 22.7. The van der Waals surface area contributed by atoms with Crippen LogP contribution in [0.3, 0.4) is 0 Å². The summed E-state index contributed by atoms with van der Waals surface area (Å²) < 4.78 is 37.3. The Kier molecular flexibility index (Phi) is 7.04. The van der Waals surface area contributed by atoms with Gasteiger partial charge in [-0.1, -0.05) is 6.07 Å². The Morgan fingerprint density at radius 2 is 1.88 bits per heavy atom. The second-order valence-corrected chi connectivity index (χ2v) is 8.42. The number of benzene rings is 2. The lowest BCUT2D eigenvalue weighted by Gasteiger charge is -2.14. The molecule has 1 amide bonds. The number of rotatable bonds is 8. The van der Waals surface area contributed by atoms with Gasteiger partial charge in [0, 0.05) is 5.69 Å². The number of carbonyl (C=O) groups excluding carboxylic acids is 2. The van der Waals surface area contributed by atoms with E-state index in [2.05, 4.69) is 10.0 Å². The fourth-order valence-corrected chi connectivity index (χ4v) is 3.62. The van der Waals surface area contributed by atoms with Gasteiger partial charge in [-0.2, -0.15) is 5.26 Å². The molecule has 0 bridgehead atoms. The highest BCUT2D eigenvalue weighted by Gasteiger charge is 2.20. The molecule has 0 aliphatic heterocycles. The maximum atomic E-state index is 12.4. The molecule has 0 saturated carbocycles. The number of amides is 1. The van der Waals surface area contributed by atoms with Crippen molar-refractivity contribution in [3.63, 3.8) is 0 Å². The molecule has 0 radical (unpaired) electrons. The zero-order valence-electron chi connectivity index (χ0n) is 16.9. The third-order valence-corrected chi connectivity index (χ3v) is 5.75. The van der Waals surface area contributed by atoms with E-state index < -0.39 is 28.0 Å². The molecule has 0 spiro atoms. The molecule has 2 N–H and O–H groups in total. The van der Waals surface area contributed by atoms with Crippen molar-refractivity contribution in [3.8, 4) is 6.07 Å². The second-order valence-electron chi connectivity index (χ2n) is 6.66. The van der Waals surface area contributed by atoms with Gasteiger partial charge in [-0.25, -0.2) is 17.9 Å². The maximum absolute atomic E-state index is 12.4. The summed E-state index contributed by atoms with van der Waals surface area (Å²) in [6.45, 7) is 1.39. The van der Waals surface area contributed by atoms with Gasteiger partial charge in [-0.3, -0.25) is 4.79 Å². The van der Waals surface area contributed by atoms with Crippen LogP contribution in [0.2, 0.25) is 0 Å². The Balaban J connectivity index is 1.58. The first-order chi connectivity index (χ1) is 15.3. The quantitative estimate of drug-likeness (QED) is 0.500. The molecule has 1 unspecified atom stereocenters. The van der Waals surface area contributed by atoms with E-state index in [-0.39, 0.29) is 17.0 Å². The Labute approximate surface area is 184 Å². The first-order valence-electron chi connectivity index (χ1n) is 9.42. The minimum Gasteiger partial charge on any atom is -0.468 e. The van der Waals surface area contributed by atoms with E-state index in [1.165, 1.54) is 43.5 Å². The topological polar surface area (TPSA) is 138 Å². The van der Waals surface area contributed by atoms with Crippen molar-refractivity contribution in [2.75, 3.05) is 5.32 Å². The van der Waals surface area contributed by atoms with Crippen molar-refractivity contribution in [1.29, 1.82) is 5.26 Å². The normalized spacial score (nSPS) is 11.9. The van der Waals surface area contributed by atoms with Crippen LogP contribution >= 0.6 is 0 Å². The van der Waals surface area contributed by atoms with Crippen LogP contribution in [0.1, 0.15) is 28.6 Å². The summed E-state index contributed by atoms with van der Waals surface area (Å²) in [5.74, 6) is -0.902. The van der Waals surface area contributed by atoms with Crippen LogP contribution in [0, 0.1) is 11.3 Å². The van der Waals surface area contributed by atoms with E-state index in [9.17, 15) is 18.0 Å². The van der Waals surface area contributed by atoms with Crippen LogP contribution in [0.15, 0.2) is 76.2 Å². The van der Waals surface area contributed by atoms with E-state index in [1.54, 1.807) is 30.3 Å². The van der Waals surface area contributed by atoms with Crippen LogP contribution in [-0.4, -0.2) is 26.4 Å². The number of nitrogens with zero attached hydrogens (tertiary/aromatic N) is 1. The Morgan fingerprint density at radius 3 is 2.53 bits per heavy atom. The monoisotopic (exact) mass is 453 g/mol. The molecule has 0 aliphatic rings. The maximum Gasteiger partial charge on any atom is 0.338 e. The lowest BCUT2D eigenvalue weighted by atomic mass is 10.2. The highest BCUT2D eigenvalue weighted by Crippen LogP contribution is 2.14. The number of ether oxygens (including phenoxy) is 1. The van der Waals surface area contributed by atoms with Crippen LogP contribution in [0.25, 0.3) is 0 Å². The number of hydrogen-bond acceptors (Lipinski definition) is 7. The average Bonchev–Trinajstić information content (AvgIpc) is 3.32. The van der Waals surface area contributed by atoms with Gasteiger partial charge in [0.05, 0.1) is 34.9 Å². The van der Waals surface area contributed by atoms with Gasteiger partial charge in [0.2, 0.25) is 10.0 Å². The summed E-state index contributed by atoms with van der Waals surface area (Å²) in [6, 6.07) is 16.7. The molecule has 164 valence electrons. The molecule has 1 atom stereocenters. The molecule has 0 saturated heterocycles. The second kappa shape index (κ2) is 9.91. The number of furan rings is 1. The van der Waals surface area contributed by atoms with Gasteiger partial charge < -0.3 is 14.5 Å². The Morgan fingerprint density at radius 1 is 1.12 bits per heavy atom. The predicted molar refractivity (Wildman–Crippen MR) is 114 cm³/mol. The summed E-state index contributed by atoms with van der Waals surface area (Å²) in [4.78, 5) is 24.6. The molecule has 2 aromatic carbocycles. The molecule has 3 rings (SSSR count). The summed E-state index contributed by atoms with van der Waals surface area (Å²) in [5.41, 5.74) is 0.857. The van der Waals surface area contributed by atoms with Crippen molar-refractivity contribution in [2.24, 2.45) is 0 Å². The molecule has 10 heteroatoms. The molecule has 1 heterocycles. The summed E-state index contributed by atoms with van der Waals surface area (Å²) in [6.07, 6.45) is 0.320. The molecular formula is C22H19N3O6S. The van der Waals surface area contributed by atoms with Gasteiger partial charge in [0.25, 0.3) is 5.91 Å². The Bertz CT molecular complexity index is 1250. The first-order valence-corrected chi connectivity index (χ1v) is 10.9. The zero-order chi connectivity index (χ0) is 23.1. The van der Waals surface area contributed by atoms with Crippen molar-refractivity contribution >= 4 is 27.6 Å². The standard InChI is InChI=1S/C22H19N3O6S/c1-15(21(26)25-18-5-2-4-16(12-18)13-23)31-22(27)17-7-9-20(10-8-17)32(28,29)24-14-19-6-3-11-30-19/h2-12,15,24H,14H2,1H3,(H,25,26). The lowest BCUT2D eigenvalue weighted by Crippen LogP contribution is -2.30. The third-order valence-electron chi connectivity index (χ3n) is 4.33. The Hall–Kier alpha value is -3.94. The highest BCUT2D eigenvalue weighted by atomic mass is 32.2. The van der Waals surface area contributed by atoms with Crippen LogP contribution in [0.4, 0.5) is 5.69 Å². The molecule has 3 aromatic rings. The SMILES string of the molecule is CC(OC(=O)c1ccc(S(=O)(=O)NCc2ccco2)cc1)C(=O)Nc1cccc(C#N)c1. The van der Waals surface area contributed by atoms with E-state index in [1.807, 2.05) is 6.07 Å². The van der Waals surface area contributed by atoms with E-state index >= 15 is 0 Å². The molecule has 0 aliphatic carbocycles. The number of carbonyl (C=O) groups is 2. The van der Waals surface area contributed by atoms with Crippen molar-refractivity contribution in [2.45, 2.75) is 24.5 Å². The highest BCUT2D eigenvalue weighted by molar-refractivity contribution is 7.89. The number of sulfonamides is 1. The summed E-state index contributed by atoms with van der Waals surface area (Å²) in [7, 11) is -3.80. The predicted octanol–water partition coefficient (Wildman–Crippen LogP) is 2.81. The van der Waals surface area contributed by atoms with Gasteiger partial charge in [0.15, 0.2) is 6.10 Å². The molecular weight excluding hydrogens is 434 g/mol. The summed E-state index contributed by atoms with van der Waals surface area (Å²) in [5, 5.41) is 11.5. The van der Waals surface area contributed by atoms with E-state index in [0.29, 0.717) is 17.0 Å². The lowest BCUT2D eigenvalue weighted by molar-refractivity contribution is -0.123. The number of anilines is 1. The zero-order valence-corrected chi connectivity index (χ0v) is 17.8. The van der Waals surface area contributed by atoms with Crippen LogP contribution < -0.4 is 10.0 Å². The number of nitrogens with one attached hydrogen (secondary N) is 2. The van der Waals surface area contributed by atoms with E-state index in [4.69, 9.17) is 14.4 Å². The van der Waals surface area contributed by atoms with Gasteiger partial charge >= 0.3 is 5.97 Å².